The number of carbonyl (C=O) groups is 2. The molecule has 0 aliphatic rings. The zero-order valence-electron chi connectivity index (χ0n) is 8.05. The number of allylic oxidation sites excluding steroid dienone is 1. The molecular formula is C12H10O3. The smallest absolute Gasteiger partial charge is 0.335 e. The zero-order valence-corrected chi connectivity index (χ0v) is 8.05. The number of ether oxygens (including phenoxy) is 1. The largest absolute Gasteiger partial charge is 0.423 e. The first-order chi connectivity index (χ1) is 7.26. The maximum absolute atomic E-state index is 10.8. The van der Waals surface area contributed by atoms with Gasteiger partial charge in [-0.2, -0.15) is 0 Å². The number of aldehydes is 1. The Morgan fingerprint density at radius 2 is 1.93 bits per heavy atom. The highest BCUT2D eigenvalue weighted by Crippen LogP contribution is 2.13. The van der Waals surface area contributed by atoms with Crippen LogP contribution in [0.4, 0.5) is 0 Å². The summed E-state index contributed by atoms with van der Waals surface area (Å²) >= 11 is 0. The standard InChI is InChI=1S/C12H10O3/c1-2-12(14)15-11-7-5-10(6-8-11)4-3-9-13/h2-9H,1H2. The molecule has 0 heterocycles. The van der Waals surface area contributed by atoms with Crippen LogP contribution in [-0.4, -0.2) is 12.3 Å². The van der Waals surface area contributed by atoms with Gasteiger partial charge in [-0.25, -0.2) is 4.79 Å². The fourth-order valence-electron chi connectivity index (χ4n) is 0.955. The molecule has 1 aromatic carbocycles. The lowest BCUT2D eigenvalue weighted by Crippen LogP contribution is -2.02. The average Bonchev–Trinajstić information content (AvgIpc) is 2.28. The Morgan fingerprint density at radius 1 is 1.27 bits per heavy atom. The number of hydrogen-bond acceptors (Lipinski definition) is 3. The van der Waals surface area contributed by atoms with Crippen LogP contribution in [0.3, 0.4) is 0 Å². The molecule has 0 N–H and O–H groups in total. The Balaban J connectivity index is 2.71. The van der Waals surface area contributed by atoms with Gasteiger partial charge in [-0.15, -0.1) is 0 Å². The van der Waals surface area contributed by atoms with Crippen molar-refractivity contribution < 1.29 is 14.3 Å². The van der Waals surface area contributed by atoms with E-state index in [1.165, 1.54) is 6.08 Å². The summed E-state index contributed by atoms with van der Waals surface area (Å²) in [5.41, 5.74) is 0.862. The van der Waals surface area contributed by atoms with Crippen LogP contribution in [0.15, 0.2) is 43.0 Å². The number of esters is 1. The van der Waals surface area contributed by atoms with E-state index < -0.39 is 5.97 Å². The molecule has 0 spiro atoms. The summed E-state index contributed by atoms with van der Waals surface area (Å²) < 4.78 is 4.87. The van der Waals surface area contributed by atoms with Crippen LogP contribution in [0.1, 0.15) is 5.56 Å². The fraction of sp³-hybridized carbons (Fsp3) is 0. The van der Waals surface area contributed by atoms with E-state index in [9.17, 15) is 9.59 Å². The van der Waals surface area contributed by atoms with Crippen molar-refractivity contribution in [1.82, 2.24) is 0 Å². The molecule has 1 aromatic rings. The molecule has 0 aliphatic heterocycles. The predicted molar refractivity (Wildman–Crippen MR) is 57.4 cm³/mol. The SMILES string of the molecule is C=CC(=O)Oc1ccc(C=CC=O)cc1. The molecule has 3 heteroatoms. The molecule has 76 valence electrons. The monoisotopic (exact) mass is 202 g/mol. The van der Waals surface area contributed by atoms with Gasteiger partial charge in [0.2, 0.25) is 0 Å². The summed E-state index contributed by atoms with van der Waals surface area (Å²) in [4.78, 5) is 20.9. The normalized spacial score (nSPS) is 9.87. The molecule has 1 rings (SSSR count). The van der Waals surface area contributed by atoms with E-state index in [4.69, 9.17) is 4.74 Å². The van der Waals surface area contributed by atoms with Crippen LogP contribution >= 0.6 is 0 Å². The van der Waals surface area contributed by atoms with Gasteiger partial charge in [0.25, 0.3) is 0 Å². The average molecular weight is 202 g/mol. The first-order valence-electron chi connectivity index (χ1n) is 4.32. The molecule has 0 bridgehead atoms. The maximum Gasteiger partial charge on any atom is 0.335 e. The summed E-state index contributed by atoms with van der Waals surface area (Å²) in [7, 11) is 0. The Morgan fingerprint density at radius 3 is 2.47 bits per heavy atom. The van der Waals surface area contributed by atoms with Gasteiger partial charge < -0.3 is 4.74 Å². The van der Waals surface area contributed by atoms with Gasteiger partial charge in [0.1, 0.15) is 12.0 Å². The summed E-state index contributed by atoms with van der Waals surface area (Å²) in [6.07, 6.45) is 4.85. The molecule has 0 atom stereocenters. The molecular weight excluding hydrogens is 192 g/mol. The third-order valence-corrected chi connectivity index (χ3v) is 1.63. The Labute approximate surface area is 87.7 Å². The zero-order chi connectivity index (χ0) is 11.1. The fourth-order valence-corrected chi connectivity index (χ4v) is 0.955. The maximum atomic E-state index is 10.8. The summed E-state index contributed by atoms with van der Waals surface area (Å²) in [6, 6.07) is 6.77. The van der Waals surface area contributed by atoms with E-state index in [0.717, 1.165) is 11.6 Å². The van der Waals surface area contributed by atoms with Crippen molar-refractivity contribution in [1.29, 1.82) is 0 Å². The van der Waals surface area contributed by atoms with Crippen molar-refractivity contribution >= 4 is 18.3 Å². The number of carbonyl (C=O) groups excluding carboxylic acids is 2. The predicted octanol–water partition coefficient (Wildman–Crippen LogP) is 1.99. The Hall–Kier alpha value is -2.16. The van der Waals surface area contributed by atoms with Gasteiger partial charge in [-0.1, -0.05) is 24.8 Å². The molecule has 0 aromatic heterocycles. The minimum atomic E-state index is -0.494. The lowest BCUT2D eigenvalue weighted by atomic mass is 10.2. The Bertz CT molecular complexity index is 388. The van der Waals surface area contributed by atoms with Crippen molar-refractivity contribution in [3.63, 3.8) is 0 Å². The van der Waals surface area contributed by atoms with Crippen LogP contribution in [0.25, 0.3) is 6.08 Å². The molecule has 3 nitrogen and oxygen atoms in total. The molecule has 0 saturated heterocycles. The van der Waals surface area contributed by atoms with Gasteiger partial charge in [-0.3, -0.25) is 4.79 Å². The van der Waals surface area contributed by atoms with E-state index >= 15 is 0 Å². The number of rotatable bonds is 4. The third kappa shape index (κ3) is 3.60. The summed E-state index contributed by atoms with van der Waals surface area (Å²) in [5, 5.41) is 0. The first-order valence-corrected chi connectivity index (χ1v) is 4.32. The Kier molecular flexibility index (Phi) is 4.04. The molecule has 15 heavy (non-hydrogen) atoms. The molecule has 0 amide bonds. The van der Waals surface area contributed by atoms with Crippen molar-refractivity contribution in [3.8, 4) is 5.75 Å². The lowest BCUT2D eigenvalue weighted by Gasteiger charge is -2.00. The quantitative estimate of drug-likeness (QED) is 0.324. The topological polar surface area (TPSA) is 43.4 Å². The first kappa shape index (κ1) is 10.9. The van der Waals surface area contributed by atoms with Crippen LogP contribution in [0.5, 0.6) is 5.75 Å². The van der Waals surface area contributed by atoms with Gasteiger partial charge in [-0.05, 0) is 23.8 Å². The van der Waals surface area contributed by atoms with Crippen molar-refractivity contribution in [3.05, 3.63) is 48.6 Å². The van der Waals surface area contributed by atoms with E-state index in [0.29, 0.717) is 12.0 Å². The molecule has 0 unspecified atom stereocenters. The van der Waals surface area contributed by atoms with Gasteiger partial charge in [0.05, 0.1) is 0 Å². The second-order valence-corrected chi connectivity index (χ2v) is 2.69. The molecule has 0 radical (unpaired) electrons. The summed E-state index contributed by atoms with van der Waals surface area (Å²) in [6.45, 7) is 3.29. The molecule has 0 saturated carbocycles. The van der Waals surface area contributed by atoms with Gasteiger partial charge >= 0.3 is 5.97 Å². The third-order valence-electron chi connectivity index (χ3n) is 1.63. The highest BCUT2D eigenvalue weighted by molar-refractivity contribution is 5.83. The van der Waals surface area contributed by atoms with Gasteiger partial charge in [0, 0.05) is 6.08 Å². The van der Waals surface area contributed by atoms with E-state index in [1.807, 2.05) is 0 Å². The second-order valence-electron chi connectivity index (χ2n) is 2.69. The lowest BCUT2D eigenvalue weighted by molar-refractivity contribution is -0.128. The van der Waals surface area contributed by atoms with Crippen molar-refractivity contribution in [2.75, 3.05) is 0 Å². The van der Waals surface area contributed by atoms with E-state index in [-0.39, 0.29) is 0 Å². The van der Waals surface area contributed by atoms with Crippen LogP contribution < -0.4 is 4.74 Å². The summed E-state index contributed by atoms with van der Waals surface area (Å²) in [5.74, 6) is -0.0469. The second kappa shape index (κ2) is 5.54. The number of hydrogen-bond donors (Lipinski definition) is 0. The van der Waals surface area contributed by atoms with E-state index in [1.54, 1.807) is 30.3 Å². The van der Waals surface area contributed by atoms with E-state index in [2.05, 4.69) is 6.58 Å². The van der Waals surface area contributed by atoms with Crippen LogP contribution in [-0.2, 0) is 9.59 Å². The highest BCUT2D eigenvalue weighted by Gasteiger charge is 1.98. The highest BCUT2D eigenvalue weighted by atomic mass is 16.5. The minimum absolute atomic E-state index is 0.447. The molecule has 0 aliphatic carbocycles. The van der Waals surface area contributed by atoms with Crippen molar-refractivity contribution in [2.24, 2.45) is 0 Å². The van der Waals surface area contributed by atoms with Crippen molar-refractivity contribution in [2.45, 2.75) is 0 Å². The van der Waals surface area contributed by atoms with Crippen LogP contribution in [0.2, 0.25) is 0 Å². The van der Waals surface area contributed by atoms with Gasteiger partial charge in [0.15, 0.2) is 0 Å². The molecule has 0 fully saturated rings. The minimum Gasteiger partial charge on any atom is -0.423 e. The number of benzene rings is 1. The van der Waals surface area contributed by atoms with Crippen LogP contribution in [0, 0.1) is 0 Å².